The molecule has 2 aromatic carbocycles. The Hall–Kier alpha value is -3.82. The second kappa shape index (κ2) is 8.09. The van der Waals surface area contributed by atoms with Gasteiger partial charge in [0, 0.05) is 12.0 Å². The summed E-state index contributed by atoms with van der Waals surface area (Å²) in [5.41, 5.74) is 1.02. The Kier molecular flexibility index (Phi) is 5.15. The molecule has 0 spiro atoms. The number of hydrogen-bond donors (Lipinski definition) is 3. The Balaban J connectivity index is 1.54. The Labute approximate surface area is 213 Å². The van der Waals surface area contributed by atoms with Crippen LogP contribution < -0.4 is 21.1 Å². The van der Waals surface area contributed by atoms with Gasteiger partial charge in [-0.15, -0.1) is 0 Å². The molecule has 37 heavy (non-hydrogen) atoms. The average molecular weight is 500 g/mol. The summed E-state index contributed by atoms with van der Waals surface area (Å²) in [7, 11) is 0. The van der Waals surface area contributed by atoms with E-state index in [1.165, 1.54) is 4.57 Å². The van der Waals surface area contributed by atoms with Gasteiger partial charge in [0.05, 0.1) is 28.3 Å². The minimum absolute atomic E-state index is 0.00614. The van der Waals surface area contributed by atoms with Gasteiger partial charge >= 0.3 is 0 Å². The number of aromatic nitrogens is 2. The van der Waals surface area contributed by atoms with Crippen LogP contribution in [0.15, 0.2) is 58.9 Å². The molecule has 3 aliphatic heterocycles. The zero-order valence-electron chi connectivity index (χ0n) is 21.1. The van der Waals surface area contributed by atoms with E-state index in [0.717, 1.165) is 5.57 Å². The molecule has 4 heterocycles. The summed E-state index contributed by atoms with van der Waals surface area (Å²) in [6, 6.07) is 12.7. The quantitative estimate of drug-likeness (QED) is 0.510. The number of amides is 2. The van der Waals surface area contributed by atoms with Gasteiger partial charge in [0.2, 0.25) is 11.8 Å². The molecule has 0 unspecified atom stereocenters. The fraction of sp³-hybridized carbons (Fsp3) is 0.357. The van der Waals surface area contributed by atoms with E-state index in [2.05, 4.69) is 10.6 Å². The maximum atomic E-state index is 13.8. The normalized spacial score (nSPS) is 26.4. The van der Waals surface area contributed by atoms with E-state index in [9.17, 15) is 19.5 Å². The molecule has 0 saturated carbocycles. The topological polar surface area (TPSA) is 117 Å². The van der Waals surface area contributed by atoms with Gasteiger partial charge in [0.1, 0.15) is 17.8 Å². The van der Waals surface area contributed by atoms with E-state index in [-0.39, 0.29) is 23.8 Å². The zero-order chi connectivity index (χ0) is 26.2. The third-order valence-corrected chi connectivity index (χ3v) is 7.75. The van der Waals surface area contributed by atoms with Crippen molar-refractivity contribution >= 4 is 34.1 Å². The summed E-state index contributed by atoms with van der Waals surface area (Å²) < 4.78 is 1.41. The Morgan fingerprint density at radius 2 is 1.78 bits per heavy atom. The highest BCUT2D eigenvalue weighted by Crippen LogP contribution is 2.50. The van der Waals surface area contributed by atoms with Crippen LogP contribution in [0.25, 0.3) is 16.6 Å². The lowest BCUT2D eigenvalue weighted by Crippen LogP contribution is -2.53. The molecule has 1 saturated heterocycles. The lowest BCUT2D eigenvalue weighted by molar-refractivity contribution is -0.126. The second-order valence-electron chi connectivity index (χ2n) is 10.7. The molecule has 6 rings (SSSR count). The van der Waals surface area contributed by atoms with Crippen molar-refractivity contribution in [2.75, 3.05) is 4.90 Å². The monoisotopic (exact) mass is 499 g/mol. The highest BCUT2D eigenvalue weighted by molar-refractivity contribution is 6.03. The van der Waals surface area contributed by atoms with Crippen LogP contribution in [0.4, 0.5) is 5.69 Å². The number of hydrogen-bond acceptors (Lipinski definition) is 6. The van der Waals surface area contributed by atoms with Crippen LogP contribution in [0.5, 0.6) is 0 Å². The van der Waals surface area contributed by atoms with E-state index in [0.29, 0.717) is 33.7 Å². The molecule has 1 aromatic heterocycles. The Bertz CT molecular complexity index is 1570. The number of allylic oxidation sites excluding steroid dienone is 1. The number of fused-ring (bicyclic) bond motifs is 5. The largest absolute Gasteiger partial charge is 0.381 e. The van der Waals surface area contributed by atoms with Crippen LogP contribution >= 0.6 is 0 Å². The smallest absolute Gasteiger partial charge is 0.262 e. The van der Waals surface area contributed by atoms with Crippen LogP contribution in [0.3, 0.4) is 0 Å². The molecule has 3 aliphatic rings. The van der Waals surface area contributed by atoms with Crippen LogP contribution in [0.2, 0.25) is 0 Å². The Morgan fingerprint density at radius 3 is 2.51 bits per heavy atom. The van der Waals surface area contributed by atoms with Gasteiger partial charge in [-0.2, -0.15) is 0 Å². The first-order valence-electron chi connectivity index (χ1n) is 12.5. The van der Waals surface area contributed by atoms with E-state index in [1.54, 1.807) is 41.3 Å². The van der Waals surface area contributed by atoms with Gasteiger partial charge in [0.25, 0.3) is 5.56 Å². The number of benzene rings is 2. The second-order valence-corrected chi connectivity index (χ2v) is 10.7. The van der Waals surface area contributed by atoms with E-state index in [4.69, 9.17) is 4.98 Å². The van der Waals surface area contributed by atoms with Crippen LogP contribution in [0.1, 0.15) is 51.5 Å². The summed E-state index contributed by atoms with van der Waals surface area (Å²) in [6.07, 6.45) is -0.888. The van der Waals surface area contributed by atoms with Crippen molar-refractivity contribution in [1.82, 2.24) is 20.2 Å². The summed E-state index contributed by atoms with van der Waals surface area (Å²) >= 11 is 0. The highest BCUT2D eigenvalue weighted by Gasteiger charge is 2.59. The number of anilines is 1. The van der Waals surface area contributed by atoms with Gasteiger partial charge in [-0.1, -0.05) is 44.2 Å². The fourth-order valence-electron chi connectivity index (χ4n) is 5.92. The molecule has 3 aromatic rings. The fourth-order valence-corrected chi connectivity index (χ4v) is 5.92. The van der Waals surface area contributed by atoms with Gasteiger partial charge in [-0.25, -0.2) is 4.98 Å². The van der Waals surface area contributed by atoms with Crippen molar-refractivity contribution < 1.29 is 14.7 Å². The van der Waals surface area contributed by atoms with Crippen molar-refractivity contribution in [2.45, 2.75) is 58.0 Å². The summed E-state index contributed by atoms with van der Waals surface area (Å²) in [6.45, 7) is 7.59. The third-order valence-electron chi connectivity index (χ3n) is 7.75. The summed E-state index contributed by atoms with van der Waals surface area (Å²) in [5, 5.41) is 19.0. The van der Waals surface area contributed by atoms with E-state index < -0.39 is 29.8 Å². The summed E-state index contributed by atoms with van der Waals surface area (Å²) in [4.78, 5) is 47.1. The van der Waals surface area contributed by atoms with Gasteiger partial charge in [-0.05, 0) is 43.5 Å². The van der Waals surface area contributed by atoms with E-state index in [1.807, 2.05) is 39.8 Å². The highest BCUT2D eigenvalue weighted by atomic mass is 16.3. The van der Waals surface area contributed by atoms with Crippen molar-refractivity contribution in [2.24, 2.45) is 5.92 Å². The maximum absolute atomic E-state index is 13.8. The van der Waals surface area contributed by atoms with Gasteiger partial charge in [-0.3, -0.25) is 29.2 Å². The van der Waals surface area contributed by atoms with Crippen molar-refractivity contribution in [1.29, 1.82) is 0 Å². The van der Waals surface area contributed by atoms with Crippen molar-refractivity contribution in [3.63, 3.8) is 0 Å². The molecule has 0 radical (unpaired) electrons. The summed E-state index contributed by atoms with van der Waals surface area (Å²) in [5.74, 6) is -0.160. The first-order chi connectivity index (χ1) is 17.6. The first-order valence-corrected chi connectivity index (χ1v) is 12.5. The van der Waals surface area contributed by atoms with Gasteiger partial charge in [0.15, 0.2) is 5.82 Å². The number of carbonyl (C=O) groups is 2. The number of aliphatic hydroxyl groups is 1. The Morgan fingerprint density at radius 1 is 1.08 bits per heavy atom. The number of nitrogens with one attached hydrogen (secondary N) is 2. The SMILES string of the molecule is CC(C)=C1NC(=O)[C@@H](C[C@]2(O)c3ccccc3N3C(=O)[C@H](C(C)C)N[C@H]32)n2c1nc1ccccc1c2=O. The predicted molar refractivity (Wildman–Crippen MR) is 139 cm³/mol. The maximum Gasteiger partial charge on any atom is 0.262 e. The molecule has 190 valence electrons. The molecule has 3 N–H and O–H groups in total. The first kappa shape index (κ1) is 23.6. The molecule has 4 atom stereocenters. The molecule has 1 fully saturated rings. The van der Waals surface area contributed by atoms with Crippen molar-refractivity contribution in [3.05, 3.63) is 75.8 Å². The van der Waals surface area contributed by atoms with Crippen LogP contribution in [-0.2, 0) is 15.2 Å². The predicted octanol–water partition coefficient (Wildman–Crippen LogP) is 2.40. The van der Waals surface area contributed by atoms with E-state index >= 15 is 0 Å². The zero-order valence-corrected chi connectivity index (χ0v) is 21.1. The van der Waals surface area contributed by atoms with Gasteiger partial charge < -0.3 is 10.4 Å². The number of rotatable bonds is 3. The third kappa shape index (κ3) is 3.24. The molecule has 0 bridgehead atoms. The molecule has 2 amide bonds. The molecule has 9 nitrogen and oxygen atoms in total. The molecule has 0 aliphatic carbocycles. The molecular formula is C28H29N5O4. The minimum atomic E-state index is -1.62. The molecule has 9 heteroatoms. The van der Waals surface area contributed by atoms with Crippen molar-refractivity contribution in [3.8, 4) is 0 Å². The van der Waals surface area contributed by atoms with Crippen LogP contribution in [0, 0.1) is 5.92 Å². The lowest BCUT2D eigenvalue weighted by atomic mass is 9.85. The standard InChI is InChI=1S/C28H29N5O4/c1-14(2)21-23-29-18-11-7-5-9-16(18)25(35)32(23)20(24(34)30-21)13-28(37)17-10-6-8-12-19(17)33-26(36)22(15(3)4)31-27(28)33/h5-12,15,20,22,27,31,37H,13H2,1-4H3,(H,30,34)/t20-,22+,27-,28+/m1/s1. The number of para-hydroxylation sites is 2. The van der Waals surface area contributed by atoms with Crippen LogP contribution in [-0.4, -0.2) is 38.7 Å². The lowest BCUT2D eigenvalue weighted by Gasteiger charge is -2.37. The molecular weight excluding hydrogens is 470 g/mol. The average Bonchev–Trinajstić information content (AvgIpc) is 3.34. The number of carbonyl (C=O) groups excluding carboxylic acids is 2. The minimum Gasteiger partial charge on any atom is -0.381 e. The number of nitrogens with zero attached hydrogens (tertiary/aromatic N) is 3.